The maximum absolute atomic E-state index is 11.5. The smallest absolute Gasteiger partial charge is 0.307 e. The molecule has 0 radical (unpaired) electrons. The van der Waals surface area contributed by atoms with Crippen LogP contribution >= 0.6 is 11.6 Å². The standard InChI is InChI=1S/C40H41ClN6O6/c1-51-34-14-24(15-35(52-2)31(34)21-46-19-29-30(20-46)37(29)40(49)50)47-33-9-5-6-25(28(33)18-43-47)26-7-4-8-27(38(26)41)32-12-10-22(39(45-32)53-3)16-42-17-23-11-13-36(48)44-23/h4-10,12,14-15,18,23,29-30,37,42H,11,13,16-17,19-21H2,1-3H3,(H,44,48)(H,49,50)/t23-,29-,30+,37?/m0/s1. The lowest BCUT2D eigenvalue weighted by Gasteiger charge is -2.22. The van der Waals surface area contributed by atoms with Crippen molar-refractivity contribution >= 4 is 34.4 Å². The van der Waals surface area contributed by atoms with Crippen molar-refractivity contribution in [3.05, 3.63) is 83.0 Å². The number of carbonyl (C=O) groups is 2. The van der Waals surface area contributed by atoms with Crippen LogP contribution in [0.5, 0.6) is 17.4 Å². The highest BCUT2D eigenvalue weighted by Gasteiger charge is 2.59. The van der Waals surface area contributed by atoms with Gasteiger partial charge in [0.05, 0.1) is 60.9 Å². The van der Waals surface area contributed by atoms with Gasteiger partial charge in [0.15, 0.2) is 0 Å². The van der Waals surface area contributed by atoms with Gasteiger partial charge in [-0.1, -0.05) is 48.0 Å². The molecule has 0 spiro atoms. The number of likely N-dealkylation sites (tertiary alicyclic amines) is 1. The largest absolute Gasteiger partial charge is 0.496 e. The van der Waals surface area contributed by atoms with E-state index in [9.17, 15) is 14.7 Å². The molecule has 4 heterocycles. The number of nitrogens with zero attached hydrogens (tertiary/aromatic N) is 4. The van der Waals surface area contributed by atoms with Crippen molar-refractivity contribution in [1.29, 1.82) is 0 Å². The number of amides is 1. The van der Waals surface area contributed by atoms with Gasteiger partial charge in [-0.05, 0) is 36.0 Å². The van der Waals surface area contributed by atoms with Crippen molar-refractivity contribution in [3.63, 3.8) is 0 Å². The molecule has 1 saturated carbocycles. The Hall–Kier alpha value is -5.17. The molecule has 1 unspecified atom stereocenters. The van der Waals surface area contributed by atoms with Crippen LogP contribution in [0.25, 0.3) is 39.0 Å². The molecule has 1 aliphatic carbocycles. The van der Waals surface area contributed by atoms with E-state index >= 15 is 0 Å². The highest BCUT2D eigenvalue weighted by molar-refractivity contribution is 6.36. The van der Waals surface area contributed by atoms with Gasteiger partial charge in [-0.2, -0.15) is 5.10 Å². The lowest BCUT2D eigenvalue weighted by atomic mass is 9.98. The van der Waals surface area contributed by atoms with Gasteiger partial charge in [0.25, 0.3) is 0 Å². The van der Waals surface area contributed by atoms with E-state index in [4.69, 9.17) is 35.9 Å². The Morgan fingerprint density at radius 2 is 1.70 bits per heavy atom. The van der Waals surface area contributed by atoms with Gasteiger partial charge in [0.1, 0.15) is 11.5 Å². The molecule has 1 amide bonds. The molecule has 8 rings (SSSR count). The van der Waals surface area contributed by atoms with Gasteiger partial charge in [0.2, 0.25) is 11.8 Å². The van der Waals surface area contributed by atoms with E-state index < -0.39 is 5.97 Å². The Bertz CT molecular complexity index is 2190. The highest BCUT2D eigenvalue weighted by Crippen LogP contribution is 2.52. The number of fused-ring (bicyclic) bond motifs is 2. The summed E-state index contributed by atoms with van der Waals surface area (Å²) in [7, 11) is 4.90. The van der Waals surface area contributed by atoms with E-state index in [1.54, 1.807) is 21.3 Å². The molecular formula is C40H41ClN6O6. The minimum atomic E-state index is -0.690. The minimum absolute atomic E-state index is 0.0987. The average molecular weight is 737 g/mol. The number of carboxylic acid groups (broad SMARTS) is 1. The molecule has 3 fully saturated rings. The van der Waals surface area contributed by atoms with Crippen LogP contribution in [0.1, 0.15) is 24.0 Å². The molecule has 13 heteroatoms. The zero-order valence-electron chi connectivity index (χ0n) is 29.8. The lowest BCUT2D eigenvalue weighted by molar-refractivity contribution is -0.139. The van der Waals surface area contributed by atoms with Crippen LogP contribution in [0.15, 0.2) is 66.9 Å². The fourth-order valence-electron chi connectivity index (χ4n) is 8.15. The van der Waals surface area contributed by atoms with Gasteiger partial charge >= 0.3 is 5.97 Å². The SMILES string of the molecule is COc1cc(-n2ncc3c(-c4cccc(-c5ccc(CNC[C@@H]6CCC(=O)N6)c(OC)n5)c4Cl)cccc32)cc(OC)c1CN1C[C@@H]2C(C(=O)O)[C@@H]2C1. The summed E-state index contributed by atoms with van der Waals surface area (Å²) in [5, 5.41) is 22.1. The summed E-state index contributed by atoms with van der Waals surface area (Å²) < 4.78 is 19.3. The molecule has 3 aromatic carbocycles. The molecule has 5 aromatic rings. The second kappa shape index (κ2) is 14.3. The Labute approximate surface area is 312 Å². The monoisotopic (exact) mass is 736 g/mol. The van der Waals surface area contributed by atoms with Gasteiger partial charge in [0, 0.05) is 79.4 Å². The molecule has 4 atom stereocenters. The highest BCUT2D eigenvalue weighted by atomic mass is 35.5. The Morgan fingerprint density at radius 1 is 0.981 bits per heavy atom. The van der Waals surface area contributed by atoms with Crippen LogP contribution in [0.3, 0.4) is 0 Å². The normalized spacial score (nSPS) is 20.7. The third-order valence-electron chi connectivity index (χ3n) is 10.9. The zero-order valence-corrected chi connectivity index (χ0v) is 30.5. The number of carbonyl (C=O) groups excluding carboxylic acids is 1. The van der Waals surface area contributed by atoms with Crippen LogP contribution < -0.4 is 24.8 Å². The number of pyridine rings is 1. The number of benzene rings is 3. The first-order valence-electron chi connectivity index (χ1n) is 17.8. The lowest BCUT2D eigenvalue weighted by Crippen LogP contribution is -2.35. The van der Waals surface area contributed by atoms with E-state index in [0.717, 1.165) is 63.9 Å². The Kier molecular flexibility index (Phi) is 9.44. The quantitative estimate of drug-likeness (QED) is 0.141. The number of hydrogen-bond donors (Lipinski definition) is 3. The van der Waals surface area contributed by atoms with Crippen LogP contribution in [-0.4, -0.2) is 83.7 Å². The van der Waals surface area contributed by atoms with Gasteiger partial charge in [-0.3, -0.25) is 14.5 Å². The third-order valence-corrected chi connectivity index (χ3v) is 11.3. The minimum Gasteiger partial charge on any atom is -0.496 e. The summed E-state index contributed by atoms with van der Waals surface area (Å²) in [6, 6.07) is 20.0. The van der Waals surface area contributed by atoms with E-state index in [0.29, 0.717) is 54.2 Å². The maximum atomic E-state index is 11.5. The summed E-state index contributed by atoms with van der Waals surface area (Å²) >= 11 is 7.19. The summed E-state index contributed by atoms with van der Waals surface area (Å²) in [5.41, 5.74) is 6.73. The number of aromatic nitrogens is 3. The third kappa shape index (κ3) is 6.55. The Balaban J connectivity index is 1.06. The second-order valence-corrected chi connectivity index (χ2v) is 14.4. The van der Waals surface area contributed by atoms with Crippen molar-refractivity contribution in [3.8, 4) is 45.5 Å². The van der Waals surface area contributed by atoms with Crippen LogP contribution in [0.2, 0.25) is 5.02 Å². The number of nitrogens with one attached hydrogen (secondary N) is 2. The summed E-state index contributed by atoms with van der Waals surface area (Å²) in [5.74, 6) is 1.49. The molecule has 12 nitrogen and oxygen atoms in total. The van der Waals surface area contributed by atoms with Crippen LogP contribution in [0.4, 0.5) is 0 Å². The molecule has 2 saturated heterocycles. The van der Waals surface area contributed by atoms with Crippen molar-refractivity contribution in [2.24, 2.45) is 17.8 Å². The first kappa shape index (κ1) is 34.9. The molecule has 274 valence electrons. The van der Waals surface area contributed by atoms with Gasteiger partial charge < -0.3 is 30.0 Å². The Morgan fingerprint density at radius 3 is 2.38 bits per heavy atom. The predicted octanol–water partition coefficient (Wildman–Crippen LogP) is 5.56. The van der Waals surface area contributed by atoms with Crippen molar-refractivity contribution in [1.82, 2.24) is 30.3 Å². The number of ether oxygens (including phenoxy) is 3. The van der Waals surface area contributed by atoms with Crippen molar-refractivity contribution in [2.45, 2.75) is 32.0 Å². The van der Waals surface area contributed by atoms with Crippen molar-refractivity contribution < 1.29 is 28.9 Å². The summed E-state index contributed by atoms with van der Waals surface area (Å²) in [6.07, 6.45) is 3.25. The zero-order chi connectivity index (χ0) is 36.8. The number of halogens is 1. The molecule has 3 N–H and O–H groups in total. The first-order valence-corrected chi connectivity index (χ1v) is 18.2. The summed E-state index contributed by atoms with van der Waals surface area (Å²) in [4.78, 5) is 30.1. The topological polar surface area (TPSA) is 140 Å². The first-order chi connectivity index (χ1) is 25.8. The number of hydrogen-bond acceptors (Lipinski definition) is 9. The molecule has 0 bridgehead atoms. The molecule has 53 heavy (non-hydrogen) atoms. The fraction of sp³-hybridized carbons (Fsp3) is 0.350. The van der Waals surface area contributed by atoms with Crippen molar-refractivity contribution in [2.75, 3.05) is 41.0 Å². The molecule has 2 aromatic heterocycles. The van der Waals surface area contributed by atoms with E-state index in [1.165, 1.54) is 0 Å². The maximum Gasteiger partial charge on any atom is 0.307 e. The van der Waals surface area contributed by atoms with Gasteiger partial charge in [-0.15, -0.1) is 0 Å². The van der Waals surface area contributed by atoms with Gasteiger partial charge in [-0.25, -0.2) is 9.67 Å². The summed E-state index contributed by atoms with van der Waals surface area (Å²) in [6.45, 7) is 3.34. The number of aliphatic carboxylic acids is 1. The van der Waals surface area contributed by atoms with E-state index in [-0.39, 0.29) is 29.7 Å². The van der Waals surface area contributed by atoms with Crippen LogP contribution in [-0.2, 0) is 22.7 Å². The second-order valence-electron chi connectivity index (χ2n) is 14.0. The number of piperidine rings is 1. The fourth-order valence-corrected chi connectivity index (χ4v) is 8.48. The predicted molar refractivity (Wildman–Crippen MR) is 201 cm³/mol. The average Bonchev–Trinajstić information content (AvgIpc) is 3.51. The number of rotatable bonds is 13. The van der Waals surface area contributed by atoms with E-state index in [1.807, 2.05) is 71.5 Å². The van der Waals surface area contributed by atoms with E-state index in [2.05, 4.69) is 15.5 Å². The number of carboxylic acids is 1. The molecule has 3 aliphatic rings. The molecular weight excluding hydrogens is 696 g/mol. The number of methoxy groups -OCH3 is 3. The molecule has 2 aliphatic heterocycles. The van der Waals surface area contributed by atoms with Crippen LogP contribution in [0, 0.1) is 17.8 Å².